The van der Waals surface area contributed by atoms with Crippen LogP contribution in [0.2, 0.25) is 0 Å². The fourth-order valence-corrected chi connectivity index (χ4v) is 2.64. The SMILES string of the molecule is CC(C)(C)c1ccccc1Oc1cccc(Br)c1CN. The number of ether oxygens (including phenoxy) is 1. The Morgan fingerprint density at radius 3 is 2.30 bits per heavy atom. The van der Waals surface area contributed by atoms with Gasteiger partial charge in [0.2, 0.25) is 0 Å². The van der Waals surface area contributed by atoms with Crippen molar-refractivity contribution < 1.29 is 4.74 Å². The van der Waals surface area contributed by atoms with Gasteiger partial charge in [0.05, 0.1) is 0 Å². The van der Waals surface area contributed by atoms with Crippen molar-refractivity contribution in [2.75, 3.05) is 0 Å². The number of para-hydroxylation sites is 1. The average molecular weight is 334 g/mol. The highest BCUT2D eigenvalue weighted by atomic mass is 79.9. The lowest BCUT2D eigenvalue weighted by molar-refractivity contribution is 0.450. The Kier molecular flexibility index (Phi) is 4.51. The van der Waals surface area contributed by atoms with Crippen LogP contribution in [0.15, 0.2) is 46.9 Å². The topological polar surface area (TPSA) is 35.2 Å². The van der Waals surface area contributed by atoms with Crippen LogP contribution in [0.5, 0.6) is 11.5 Å². The van der Waals surface area contributed by atoms with Crippen molar-refractivity contribution in [1.29, 1.82) is 0 Å². The summed E-state index contributed by atoms with van der Waals surface area (Å²) < 4.78 is 7.11. The standard InChI is InChI=1S/C17H20BrNO/c1-17(2,3)13-7-4-5-9-16(13)20-15-10-6-8-14(18)12(15)11-19/h4-10H,11,19H2,1-3H3. The molecule has 0 aliphatic heterocycles. The Morgan fingerprint density at radius 2 is 1.65 bits per heavy atom. The minimum atomic E-state index is 0.0332. The third-order valence-electron chi connectivity index (χ3n) is 3.19. The molecule has 0 bridgehead atoms. The minimum absolute atomic E-state index is 0.0332. The molecule has 2 aromatic carbocycles. The van der Waals surface area contributed by atoms with Gasteiger partial charge in [0.25, 0.3) is 0 Å². The van der Waals surface area contributed by atoms with Gasteiger partial charge in [-0.15, -0.1) is 0 Å². The summed E-state index contributed by atoms with van der Waals surface area (Å²) >= 11 is 3.52. The first kappa shape index (κ1) is 15.1. The van der Waals surface area contributed by atoms with Gasteiger partial charge in [-0.1, -0.05) is 61.0 Å². The van der Waals surface area contributed by atoms with E-state index < -0.39 is 0 Å². The smallest absolute Gasteiger partial charge is 0.133 e. The predicted octanol–water partition coefficient (Wildman–Crippen LogP) is 5.00. The molecule has 0 aliphatic carbocycles. The molecule has 0 saturated heterocycles. The van der Waals surface area contributed by atoms with Crippen LogP contribution in [0.3, 0.4) is 0 Å². The van der Waals surface area contributed by atoms with Crippen LogP contribution >= 0.6 is 15.9 Å². The fourth-order valence-electron chi connectivity index (χ4n) is 2.13. The summed E-state index contributed by atoms with van der Waals surface area (Å²) in [4.78, 5) is 0. The van der Waals surface area contributed by atoms with Gasteiger partial charge >= 0.3 is 0 Å². The van der Waals surface area contributed by atoms with E-state index in [1.807, 2.05) is 36.4 Å². The van der Waals surface area contributed by atoms with E-state index in [1.165, 1.54) is 5.56 Å². The van der Waals surface area contributed by atoms with Gasteiger partial charge in [-0.3, -0.25) is 0 Å². The normalized spacial score (nSPS) is 11.4. The van der Waals surface area contributed by atoms with Gasteiger partial charge in [0.15, 0.2) is 0 Å². The Labute approximate surface area is 129 Å². The molecule has 2 nitrogen and oxygen atoms in total. The maximum absolute atomic E-state index is 6.13. The monoisotopic (exact) mass is 333 g/mol. The molecule has 3 heteroatoms. The number of nitrogens with two attached hydrogens (primary N) is 1. The summed E-state index contributed by atoms with van der Waals surface area (Å²) in [5.41, 5.74) is 8.02. The number of benzene rings is 2. The summed E-state index contributed by atoms with van der Waals surface area (Å²) in [6.07, 6.45) is 0. The van der Waals surface area contributed by atoms with Gasteiger partial charge < -0.3 is 10.5 Å². The van der Waals surface area contributed by atoms with Crippen LogP contribution in [0.4, 0.5) is 0 Å². The van der Waals surface area contributed by atoms with Crippen molar-refractivity contribution >= 4 is 15.9 Å². The van der Waals surface area contributed by atoms with E-state index >= 15 is 0 Å². The highest BCUT2D eigenvalue weighted by Crippen LogP contribution is 2.36. The van der Waals surface area contributed by atoms with E-state index in [2.05, 4.69) is 42.8 Å². The van der Waals surface area contributed by atoms with Gasteiger partial charge in [-0.2, -0.15) is 0 Å². The number of rotatable bonds is 3. The van der Waals surface area contributed by atoms with Gasteiger partial charge in [-0.25, -0.2) is 0 Å². The van der Waals surface area contributed by atoms with E-state index in [-0.39, 0.29) is 5.41 Å². The Bertz CT molecular complexity index is 602. The van der Waals surface area contributed by atoms with Crippen LogP contribution in [-0.2, 0) is 12.0 Å². The predicted molar refractivity (Wildman–Crippen MR) is 87.2 cm³/mol. The van der Waals surface area contributed by atoms with E-state index in [1.54, 1.807) is 0 Å². The molecule has 0 fully saturated rings. The summed E-state index contributed by atoms with van der Waals surface area (Å²) in [6.45, 7) is 6.98. The van der Waals surface area contributed by atoms with Crippen LogP contribution in [0.1, 0.15) is 31.9 Å². The van der Waals surface area contributed by atoms with E-state index in [0.29, 0.717) is 6.54 Å². The number of hydrogen-bond acceptors (Lipinski definition) is 2. The van der Waals surface area contributed by atoms with Crippen molar-refractivity contribution in [2.24, 2.45) is 5.73 Å². The molecule has 0 aromatic heterocycles. The summed E-state index contributed by atoms with van der Waals surface area (Å²) in [5.74, 6) is 1.69. The van der Waals surface area contributed by atoms with Crippen LogP contribution in [-0.4, -0.2) is 0 Å². The number of halogens is 1. The first-order chi connectivity index (χ1) is 9.43. The molecule has 2 aromatic rings. The van der Waals surface area contributed by atoms with E-state index in [4.69, 9.17) is 10.5 Å². The highest BCUT2D eigenvalue weighted by molar-refractivity contribution is 9.10. The third kappa shape index (κ3) is 3.22. The van der Waals surface area contributed by atoms with Crippen LogP contribution in [0, 0.1) is 0 Å². The van der Waals surface area contributed by atoms with Crippen molar-refractivity contribution in [2.45, 2.75) is 32.7 Å². The molecule has 20 heavy (non-hydrogen) atoms. The molecule has 2 N–H and O–H groups in total. The van der Waals surface area contributed by atoms with Crippen molar-refractivity contribution in [3.63, 3.8) is 0 Å². The molecule has 0 spiro atoms. The second-order valence-electron chi connectivity index (χ2n) is 5.77. The maximum Gasteiger partial charge on any atom is 0.133 e. The fraction of sp³-hybridized carbons (Fsp3) is 0.294. The summed E-state index contributed by atoms with van der Waals surface area (Å²) in [7, 11) is 0. The lowest BCUT2D eigenvalue weighted by Gasteiger charge is -2.23. The van der Waals surface area contributed by atoms with Crippen molar-refractivity contribution in [1.82, 2.24) is 0 Å². The third-order valence-corrected chi connectivity index (χ3v) is 3.94. The van der Waals surface area contributed by atoms with Crippen molar-refractivity contribution in [3.05, 3.63) is 58.1 Å². The lowest BCUT2D eigenvalue weighted by atomic mass is 9.86. The van der Waals surface area contributed by atoms with Crippen LogP contribution in [0.25, 0.3) is 0 Å². The van der Waals surface area contributed by atoms with Gasteiger partial charge in [0.1, 0.15) is 11.5 Å². The summed E-state index contributed by atoms with van der Waals surface area (Å²) in [5, 5.41) is 0. The van der Waals surface area contributed by atoms with E-state index in [0.717, 1.165) is 21.5 Å². The van der Waals surface area contributed by atoms with Crippen molar-refractivity contribution in [3.8, 4) is 11.5 Å². The zero-order valence-electron chi connectivity index (χ0n) is 12.1. The molecule has 106 valence electrons. The summed E-state index contributed by atoms with van der Waals surface area (Å²) in [6, 6.07) is 14.0. The minimum Gasteiger partial charge on any atom is -0.457 e. The van der Waals surface area contributed by atoms with E-state index in [9.17, 15) is 0 Å². The first-order valence-electron chi connectivity index (χ1n) is 6.68. The molecular weight excluding hydrogens is 314 g/mol. The Hall–Kier alpha value is -1.32. The van der Waals surface area contributed by atoms with Gasteiger partial charge in [-0.05, 0) is 23.6 Å². The van der Waals surface area contributed by atoms with Gasteiger partial charge in [0, 0.05) is 22.1 Å². The largest absolute Gasteiger partial charge is 0.457 e. The molecule has 0 unspecified atom stereocenters. The second-order valence-corrected chi connectivity index (χ2v) is 6.62. The molecule has 0 amide bonds. The molecule has 0 aliphatic rings. The molecule has 0 atom stereocenters. The maximum atomic E-state index is 6.13. The zero-order valence-corrected chi connectivity index (χ0v) is 13.7. The molecular formula is C17H20BrNO. The van der Waals surface area contributed by atoms with Crippen LogP contribution < -0.4 is 10.5 Å². The average Bonchev–Trinajstić information content (AvgIpc) is 2.38. The lowest BCUT2D eigenvalue weighted by Crippen LogP contribution is -2.12. The molecule has 0 radical (unpaired) electrons. The first-order valence-corrected chi connectivity index (χ1v) is 7.47. The Balaban J connectivity index is 2.44. The number of hydrogen-bond donors (Lipinski definition) is 1. The highest BCUT2D eigenvalue weighted by Gasteiger charge is 2.19. The quantitative estimate of drug-likeness (QED) is 0.857. The molecule has 0 heterocycles. The zero-order chi connectivity index (χ0) is 14.8. The Morgan fingerprint density at radius 1 is 1.00 bits per heavy atom. The molecule has 0 saturated carbocycles. The second kappa shape index (κ2) is 5.98. The molecule has 2 rings (SSSR count).